The number of carbonyl (C=O) groups excluding carboxylic acids is 1. The number of ether oxygens (including phenoxy) is 1. The molecule has 1 amide bonds. The molecule has 0 aliphatic heterocycles. The van der Waals surface area contributed by atoms with E-state index in [-0.39, 0.29) is 18.3 Å². The zero-order chi connectivity index (χ0) is 15.2. The number of carbonyl (C=O) groups is 1. The quantitative estimate of drug-likeness (QED) is 0.805. The van der Waals surface area contributed by atoms with E-state index in [1.54, 1.807) is 0 Å². The Balaban J connectivity index is 2.48. The Hall–Kier alpha value is -1.62. The second-order valence-electron chi connectivity index (χ2n) is 5.65. The summed E-state index contributed by atoms with van der Waals surface area (Å²) < 4.78 is 18.0. The van der Waals surface area contributed by atoms with Crippen LogP contribution in [0.2, 0.25) is 0 Å². The van der Waals surface area contributed by atoms with E-state index in [2.05, 4.69) is 19.2 Å². The van der Waals surface area contributed by atoms with Gasteiger partial charge in [0, 0.05) is 12.1 Å². The fourth-order valence-electron chi connectivity index (χ4n) is 2.14. The normalized spacial score (nSPS) is 13.9. The van der Waals surface area contributed by atoms with Gasteiger partial charge >= 0.3 is 0 Å². The van der Waals surface area contributed by atoms with Crippen LogP contribution >= 0.6 is 0 Å². The topological polar surface area (TPSA) is 64.3 Å². The van der Waals surface area contributed by atoms with Crippen LogP contribution in [0.15, 0.2) is 24.3 Å². The van der Waals surface area contributed by atoms with Gasteiger partial charge in [0.1, 0.15) is 11.6 Å². The molecule has 3 N–H and O–H groups in total. The van der Waals surface area contributed by atoms with E-state index in [1.807, 2.05) is 6.92 Å². The molecule has 1 aromatic rings. The van der Waals surface area contributed by atoms with E-state index in [0.29, 0.717) is 18.2 Å². The van der Waals surface area contributed by atoms with Gasteiger partial charge in [-0.25, -0.2) is 4.39 Å². The monoisotopic (exact) mass is 282 g/mol. The van der Waals surface area contributed by atoms with Gasteiger partial charge in [-0.3, -0.25) is 4.79 Å². The Morgan fingerprint density at radius 2 is 2.00 bits per heavy atom. The molecule has 0 fully saturated rings. The zero-order valence-corrected chi connectivity index (χ0v) is 12.3. The number of amides is 1. The predicted octanol–water partition coefficient (Wildman–Crippen LogP) is 2.08. The Morgan fingerprint density at radius 1 is 1.40 bits per heavy atom. The summed E-state index contributed by atoms with van der Waals surface area (Å²) in [6, 6.07) is 5.55. The van der Waals surface area contributed by atoms with Crippen molar-refractivity contribution in [3.8, 4) is 5.75 Å². The van der Waals surface area contributed by atoms with Gasteiger partial charge in [-0.2, -0.15) is 0 Å². The molecule has 0 saturated carbocycles. The van der Waals surface area contributed by atoms with Crippen molar-refractivity contribution >= 4 is 5.91 Å². The van der Waals surface area contributed by atoms with E-state index in [4.69, 9.17) is 10.5 Å². The van der Waals surface area contributed by atoms with E-state index in [9.17, 15) is 9.18 Å². The SMILES string of the molecule is CC(C)CC(C)(CN)NC(=O)COc1ccc(F)cc1. The zero-order valence-electron chi connectivity index (χ0n) is 12.3. The van der Waals surface area contributed by atoms with Crippen LogP contribution in [-0.2, 0) is 4.79 Å². The van der Waals surface area contributed by atoms with Gasteiger partial charge in [-0.1, -0.05) is 13.8 Å². The molecule has 0 aliphatic rings. The van der Waals surface area contributed by atoms with Crippen molar-refractivity contribution in [1.29, 1.82) is 0 Å². The maximum absolute atomic E-state index is 12.7. The van der Waals surface area contributed by atoms with Crippen LogP contribution in [0.4, 0.5) is 4.39 Å². The Kier molecular flexibility index (Phi) is 5.95. The van der Waals surface area contributed by atoms with Crippen molar-refractivity contribution in [3.05, 3.63) is 30.1 Å². The first-order valence-corrected chi connectivity index (χ1v) is 6.74. The fourth-order valence-corrected chi connectivity index (χ4v) is 2.14. The minimum atomic E-state index is -0.433. The number of hydrogen-bond donors (Lipinski definition) is 2. The summed E-state index contributed by atoms with van der Waals surface area (Å²) in [4.78, 5) is 11.9. The van der Waals surface area contributed by atoms with E-state index < -0.39 is 5.54 Å². The van der Waals surface area contributed by atoms with Crippen molar-refractivity contribution < 1.29 is 13.9 Å². The summed E-state index contributed by atoms with van der Waals surface area (Å²) in [7, 11) is 0. The molecule has 112 valence electrons. The van der Waals surface area contributed by atoms with E-state index >= 15 is 0 Å². The van der Waals surface area contributed by atoms with Crippen molar-refractivity contribution in [2.45, 2.75) is 32.7 Å². The summed E-state index contributed by atoms with van der Waals surface area (Å²) in [5, 5.41) is 2.89. The number of benzene rings is 1. The van der Waals surface area contributed by atoms with Crippen molar-refractivity contribution in [2.24, 2.45) is 11.7 Å². The molecular formula is C15H23FN2O2. The molecule has 0 aromatic heterocycles. The van der Waals surface area contributed by atoms with Gasteiger partial charge in [-0.05, 0) is 43.5 Å². The second kappa shape index (κ2) is 7.24. The largest absolute Gasteiger partial charge is 0.484 e. The Labute approximate surface area is 119 Å². The summed E-state index contributed by atoms with van der Waals surface area (Å²) in [5.41, 5.74) is 5.30. The van der Waals surface area contributed by atoms with Crippen LogP contribution in [-0.4, -0.2) is 24.6 Å². The molecule has 0 heterocycles. The third kappa shape index (κ3) is 5.57. The van der Waals surface area contributed by atoms with Crippen LogP contribution in [0.25, 0.3) is 0 Å². The first-order valence-electron chi connectivity index (χ1n) is 6.74. The average molecular weight is 282 g/mol. The minimum absolute atomic E-state index is 0.112. The van der Waals surface area contributed by atoms with Crippen LogP contribution in [0.3, 0.4) is 0 Å². The third-order valence-electron chi connectivity index (χ3n) is 2.93. The summed E-state index contributed by atoms with van der Waals surface area (Å²) >= 11 is 0. The fraction of sp³-hybridized carbons (Fsp3) is 0.533. The molecule has 20 heavy (non-hydrogen) atoms. The van der Waals surface area contributed by atoms with Gasteiger partial charge in [0.05, 0.1) is 0 Å². The predicted molar refractivity (Wildman–Crippen MR) is 77.0 cm³/mol. The van der Waals surface area contributed by atoms with Gasteiger partial charge in [0.25, 0.3) is 5.91 Å². The standard InChI is InChI=1S/C15H23FN2O2/c1-11(2)8-15(3,10-17)18-14(19)9-20-13-6-4-12(16)5-7-13/h4-7,11H,8-10,17H2,1-3H3,(H,18,19). The number of hydrogen-bond acceptors (Lipinski definition) is 3. The van der Waals surface area contributed by atoms with Gasteiger partial charge in [0.15, 0.2) is 6.61 Å². The molecule has 1 atom stereocenters. The number of nitrogens with two attached hydrogens (primary N) is 1. The molecule has 5 heteroatoms. The molecule has 0 spiro atoms. The number of halogens is 1. The molecule has 1 rings (SSSR count). The van der Waals surface area contributed by atoms with Crippen LogP contribution in [0, 0.1) is 11.7 Å². The van der Waals surface area contributed by atoms with Crippen molar-refractivity contribution in [3.63, 3.8) is 0 Å². The summed E-state index contributed by atoms with van der Waals surface area (Å²) in [6.07, 6.45) is 0.797. The van der Waals surface area contributed by atoms with Gasteiger partial charge < -0.3 is 15.8 Å². The lowest BCUT2D eigenvalue weighted by atomic mass is 9.91. The summed E-state index contributed by atoms with van der Waals surface area (Å²) in [5.74, 6) is 0.319. The highest BCUT2D eigenvalue weighted by atomic mass is 19.1. The highest BCUT2D eigenvalue weighted by Crippen LogP contribution is 2.15. The lowest BCUT2D eigenvalue weighted by Gasteiger charge is -2.31. The highest BCUT2D eigenvalue weighted by Gasteiger charge is 2.25. The maximum atomic E-state index is 12.7. The summed E-state index contributed by atoms with van der Waals surface area (Å²) in [6.45, 7) is 6.33. The maximum Gasteiger partial charge on any atom is 0.258 e. The van der Waals surface area contributed by atoms with Crippen LogP contribution in [0.5, 0.6) is 5.75 Å². The van der Waals surface area contributed by atoms with Crippen LogP contribution < -0.4 is 15.8 Å². The molecule has 4 nitrogen and oxygen atoms in total. The Morgan fingerprint density at radius 3 is 2.50 bits per heavy atom. The molecule has 0 aliphatic carbocycles. The molecule has 0 saturated heterocycles. The van der Waals surface area contributed by atoms with Gasteiger partial charge in [0.2, 0.25) is 0 Å². The number of nitrogens with one attached hydrogen (secondary N) is 1. The van der Waals surface area contributed by atoms with Crippen LogP contribution in [0.1, 0.15) is 27.2 Å². The number of rotatable bonds is 7. The van der Waals surface area contributed by atoms with Gasteiger partial charge in [-0.15, -0.1) is 0 Å². The third-order valence-corrected chi connectivity index (χ3v) is 2.93. The molecule has 0 radical (unpaired) electrons. The average Bonchev–Trinajstić information content (AvgIpc) is 2.37. The molecule has 1 aromatic carbocycles. The molecule has 0 bridgehead atoms. The highest BCUT2D eigenvalue weighted by molar-refractivity contribution is 5.78. The Bertz CT molecular complexity index is 434. The first-order chi connectivity index (χ1) is 9.34. The lowest BCUT2D eigenvalue weighted by Crippen LogP contribution is -2.53. The molecule has 1 unspecified atom stereocenters. The van der Waals surface area contributed by atoms with Crippen molar-refractivity contribution in [2.75, 3.05) is 13.2 Å². The first kappa shape index (κ1) is 16.4. The smallest absolute Gasteiger partial charge is 0.258 e. The van der Waals surface area contributed by atoms with Crippen molar-refractivity contribution in [1.82, 2.24) is 5.32 Å². The lowest BCUT2D eigenvalue weighted by molar-refractivity contribution is -0.125. The van der Waals surface area contributed by atoms with E-state index in [1.165, 1.54) is 24.3 Å². The minimum Gasteiger partial charge on any atom is -0.484 e. The molecular weight excluding hydrogens is 259 g/mol. The van der Waals surface area contributed by atoms with E-state index in [0.717, 1.165) is 6.42 Å². The second-order valence-corrected chi connectivity index (χ2v) is 5.65.